The van der Waals surface area contributed by atoms with E-state index in [9.17, 15) is 4.79 Å². The maximum atomic E-state index is 13.5. The molecule has 1 fully saturated rings. The fourth-order valence-corrected chi connectivity index (χ4v) is 5.36. The molecule has 0 N–H and O–H groups in total. The predicted molar refractivity (Wildman–Crippen MR) is 129 cm³/mol. The molecule has 4 rings (SSSR count). The number of fused-ring (bicyclic) bond motifs is 1. The number of halogens is 2. The molecule has 31 heavy (non-hydrogen) atoms. The van der Waals surface area contributed by atoms with Crippen molar-refractivity contribution in [2.75, 3.05) is 44.3 Å². The molecule has 5 nitrogen and oxygen atoms in total. The minimum Gasteiger partial charge on any atom is -0.379 e. The highest BCUT2D eigenvalue weighted by molar-refractivity contribution is 7.22. The van der Waals surface area contributed by atoms with E-state index >= 15 is 0 Å². The summed E-state index contributed by atoms with van der Waals surface area (Å²) in [5, 5.41) is 1.56. The van der Waals surface area contributed by atoms with Crippen LogP contribution in [0, 0.1) is 13.8 Å². The second-order valence-corrected chi connectivity index (χ2v) is 9.58. The molecule has 1 aromatic heterocycles. The lowest BCUT2D eigenvalue weighted by Gasteiger charge is -2.27. The number of carbonyl (C=O) groups is 1. The lowest BCUT2D eigenvalue weighted by atomic mass is 10.1. The molecular weight excluding hydrogens is 453 g/mol. The number of hydrogen-bond acceptors (Lipinski definition) is 5. The zero-order chi connectivity index (χ0) is 22.0. The monoisotopic (exact) mass is 477 g/mol. The van der Waals surface area contributed by atoms with Crippen molar-refractivity contribution in [2.45, 2.75) is 20.3 Å². The van der Waals surface area contributed by atoms with Crippen LogP contribution in [0.5, 0.6) is 0 Å². The van der Waals surface area contributed by atoms with Gasteiger partial charge in [-0.15, -0.1) is 0 Å². The molecule has 0 saturated carbocycles. The number of thiazole rings is 1. The van der Waals surface area contributed by atoms with Gasteiger partial charge in [0.25, 0.3) is 5.91 Å². The molecule has 8 heteroatoms. The van der Waals surface area contributed by atoms with E-state index in [-0.39, 0.29) is 5.91 Å². The summed E-state index contributed by atoms with van der Waals surface area (Å²) in [7, 11) is 0. The van der Waals surface area contributed by atoms with Crippen LogP contribution in [-0.2, 0) is 4.74 Å². The second-order valence-electron chi connectivity index (χ2n) is 7.76. The average Bonchev–Trinajstić information content (AvgIpc) is 3.21. The quantitative estimate of drug-likeness (QED) is 0.464. The smallest absolute Gasteiger partial charge is 0.261 e. The van der Waals surface area contributed by atoms with Gasteiger partial charge in [-0.3, -0.25) is 14.6 Å². The minimum atomic E-state index is -0.155. The summed E-state index contributed by atoms with van der Waals surface area (Å²) >= 11 is 14.0. The van der Waals surface area contributed by atoms with Gasteiger partial charge in [-0.25, -0.2) is 4.98 Å². The number of anilines is 1. The third-order valence-corrected chi connectivity index (χ3v) is 7.29. The molecule has 2 aromatic carbocycles. The van der Waals surface area contributed by atoms with Crippen LogP contribution in [0.2, 0.25) is 10.0 Å². The van der Waals surface area contributed by atoms with Gasteiger partial charge in [0.05, 0.1) is 34.0 Å². The van der Waals surface area contributed by atoms with Crippen LogP contribution >= 0.6 is 34.5 Å². The molecule has 1 amide bonds. The summed E-state index contributed by atoms with van der Waals surface area (Å²) in [4.78, 5) is 22.5. The van der Waals surface area contributed by atoms with Crippen molar-refractivity contribution in [3.05, 3.63) is 57.1 Å². The van der Waals surface area contributed by atoms with E-state index in [4.69, 9.17) is 32.9 Å². The highest BCUT2D eigenvalue weighted by Crippen LogP contribution is 2.34. The van der Waals surface area contributed by atoms with E-state index in [2.05, 4.69) is 24.0 Å². The Kier molecular flexibility index (Phi) is 7.14. The Hall–Kier alpha value is -1.70. The maximum absolute atomic E-state index is 13.5. The van der Waals surface area contributed by atoms with Gasteiger partial charge in [0.2, 0.25) is 0 Å². The van der Waals surface area contributed by atoms with Crippen LogP contribution in [0.1, 0.15) is 27.9 Å². The first-order valence-corrected chi connectivity index (χ1v) is 11.9. The highest BCUT2D eigenvalue weighted by atomic mass is 35.5. The molecule has 0 unspecified atom stereocenters. The van der Waals surface area contributed by atoms with Crippen molar-refractivity contribution in [3.8, 4) is 0 Å². The second kappa shape index (κ2) is 9.84. The number of nitrogens with zero attached hydrogens (tertiary/aromatic N) is 3. The molecule has 0 aliphatic carbocycles. The zero-order valence-electron chi connectivity index (χ0n) is 17.7. The molecular formula is C23H25Cl2N3O2S. The third-order valence-electron chi connectivity index (χ3n) is 5.53. The Morgan fingerprint density at radius 3 is 2.61 bits per heavy atom. The topological polar surface area (TPSA) is 45.7 Å². The molecule has 1 aliphatic heterocycles. The number of amides is 1. The van der Waals surface area contributed by atoms with Crippen molar-refractivity contribution in [2.24, 2.45) is 0 Å². The third kappa shape index (κ3) is 5.04. The van der Waals surface area contributed by atoms with Crippen LogP contribution in [0.15, 0.2) is 30.3 Å². The van der Waals surface area contributed by atoms with Crippen LogP contribution in [-0.4, -0.2) is 55.2 Å². The Morgan fingerprint density at radius 2 is 1.90 bits per heavy atom. The standard InChI is InChI=1S/C23H25Cl2N3O2S/c1-15-4-5-16(2)21-20(15)26-23(31-21)28(9-3-8-27-10-12-30-13-11-27)22(29)18-7-6-17(24)14-19(18)25/h4-7,14H,3,8-13H2,1-2H3. The first kappa shape index (κ1) is 22.5. The molecule has 0 atom stereocenters. The normalized spacial score (nSPS) is 14.8. The Balaban J connectivity index is 1.64. The number of aromatic nitrogens is 1. The number of hydrogen-bond donors (Lipinski definition) is 0. The molecule has 1 aliphatic rings. The first-order chi connectivity index (χ1) is 14.9. The van der Waals surface area contributed by atoms with E-state index in [1.54, 1.807) is 34.4 Å². The van der Waals surface area contributed by atoms with Crippen molar-refractivity contribution in [3.63, 3.8) is 0 Å². The van der Waals surface area contributed by atoms with E-state index in [0.29, 0.717) is 27.3 Å². The van der Waals surface area contributed by atoms with Gasteiger partial charge in [0, 0.05) is 31.2 Å². The first-order valence-electron chi connectivity index (χ1n) is 10.4. The Bertz CT molecular complexity index is 1060. The average molecular weight is 478 g/mol. The van der Waals surface area contributed by atoms with Gasteiger partial charge in [0.1, 0.15) is 0 Å². The number of benzene rings is 2. The molecule has 164 valence electrons. The Morgan fingerprint density at radius 1 is 1.16 bits per heavy atom. The van der Waals surface area contributed by atoms with Crippen molar-refractivity contribution < 1.29 is 9.53 Å². The number of carbonyl (C=O) groups excluding carboxylic acids is 1. The molecule has 0 bridgehead atoms. The maximum Gasteiger partial charge on any atom is 0.261 e. The Labute approximate surface area is 196 Å². The largest absolute Gasteiger partial charge is 0.379 e. The van der Waals surface area contributed by atoms with Crippen LogP contribution in [0.25, 0.3) is 10.2 Å². The summed E-state index contributed by atoms with van der Waals surface area (Å²) in [5.74, 6) is -0.155. The predicted octanol–water partition coefficient (Wildman–Crippen LogP) is 5.59. The molecule has 0 spiro atoms. The molecule has 1 saturated heterocycles. The summed E-state index contributed by atoms with van der Waals surface area (Å²) in [6, 6.07) is 9.15. The molecule has 0 radical (unpaired) electrons. The summed E-state index contributed by atoms with van der Waals surface area (Å²) < 4.78 is 6.55. The molecule has 3 aromatic rings. The summed E-state index contributed by atoms with van der Waals surface area (Å²) in [6.07, 6.45) is 0.838. The van der Waals surface area contributed by atoms with Gasteiger partial charge < -0.3 is 4.74 Å². The SMILES string of the molecule is Cc1ccc(C)c2sc(N(CCCN3CCOCC3)C(=O)c3ccc(Cl)cc3Cl)nc12. The van der Waals surface area contributed by atoms with Gasteiger partial charge in [-0.2, -0.15) is 0 Å². The fourth-order valence-electron chi connectivity index (χ4n) is 3.73. The van der Waals surface area contributed by atoms with Gasteiger partial charge in [0.15, 0.2) is 5.13 Å². The lowest BCUT2D eigenvalue weighted by Crippen LogP contribution is -2.39. The van der Waals surface area contributed by atoms with Crippen molar-refractivity contribution in [1.29, 1.82) is 0 Å². The highest BCUT2D eigenvalue weighted by Gasteiger charge is 2.24. The summed E-state index contributed by atoms with van der Waals surface area (Å²) in [6.45, 7) is 8.97. The number of aryl methyl sites for hydroxylation is 2. The number of morpholine rings is 1. The molecule has 2 heterocycles. The van der Waals surface area contributed by atoms with E-state index in [1.165, 1.54) is 0 Å². The van der Waals surface area contributed by atoms with Gasteiger partial charge >= 0.3 is 0 Å². The van der Waals surface area contributed by atoms with E-state index < -0.39 is 0 Å². The van der Waals surface area contributed by atoms with Crippen molar-refractivity contribution in [1.82, 2.24) is 9.88 Å². The van der Waals surface area contributed by atoms with E-state index in [0.717, 1.165) is 60.6 Å². The minimum absolute atomic E-state index is 0.155. The number of rotatable bonds is 6. The van der Waals surface area contributed by atoms with Crippen LogP contribution in [0.3, 0.4) is 0 Å². The van der Waals surface area contributed by atoms with E-state index in [1.807, 2.05) is 6.92 Å². The summed E-state index contributed by atoms with van der Waals surface area (Å²) in [5.41, 5.74) is 3.65. The lowest BCUT2D eigenvalue weighted by molar-refractivity contribution is 0.0376. The fraction of sp³-hybridized carbons (Fsp3) is 0.391. The zero-order valence-corrected chi connectivity index (χ0v) is 20.0. The van der Waals surface area contributed by atoms with Crippen molar-refractivity contribution >= 4 is 55.8 Å². The van der Waals surface area contributed by atoms with Crippen LogP contribution < -0.4 is 4.90 Å². The van der Waals surface area contributed by atoms with Crippen LogP contribution in [0.4, 0.5) is 5.13 Å². The van der Waals surface area contributed by atoms with Gasteiger partial charge in [-0.1, -0.05) is 46.7 Å². The number of ether oxygens (including phenoxy) is 1. The van der Waals surface area contributed by atoms with Gasteiger partial charge in [-0.05, 0) is 49.6 Å².